The summed E-state index contributed by atoms with van der Waals surface area (Å²) in [5, 5.41) is 3.08. The molecule has 1 aromatic carbocycles. The van der Waals surface area contributed by atoms with Gasteiger partial charge in [-0.25, -0.2) is 5.43 Å². The maximum atomic E-state index is 12.5. The maximum Gasteiger partial charge on any atom is 0.238 e. The predicted octanol–water partition coefficient (Wildman–Crippen LogP) is 0.762. The van der Waals surface area contributed by atoms with Gasteiger partial charge in [-0.05, 0) is 36.3 Å². The number of hydrogen-bond acceptors (Lipinski definition) is 4. The molecule has 0 bridgehead atoms. The molecule has 6 heteroatoms. The molecule has 1 aromatic rings. The topological polar surface area (TPSA) is 73.5 Å². The zero-order chi connectivity index (χ0) is 18.3. The second-order valence-electron chi connectivity index (χ2n) is 8.21. The second kappa shape index (κ2) is 7.00. The Bertz CT molecular complexity index is 680. The molecule has 3 unspecified atom stereocenters. The highest BCUT2D eigenvalue weighted by molar-refractivity contribution is 5.85. The SMILES string of the molecule is CC(C)C1CC(C(=O)NC2CC(=O)N(C3Cc4ccccc4C3)C2)NN1. The second-order valence-corrected chi connectivity index (χ2v) is 8.21. The lowest BCUT2D eigenvalue weighted by Gasteiger charge is -2.24. The predicted molar refractivity (Wildman–Crippen MR) is 99.2 cm³/mol. The minimum absolute atomic E-state index is 0.00462. The number of rotatable bonds is 4. The van der Waals surface area contributed by atoms with Crippen LogP contribution in [0.5, 0.6) is 0 Å². The van der Waals surface area contributed by atoms with E-state index in [4.69, 9.17) is 0 Å². The lowest BCUT2D eigenvalue weighted by Crippen LogP contribution is -2.48. The molecule has 0 radical (unpaired) electrons. The normalized spacial score (nSPS) is 28.8. The third-order valence-electron chi connectivity index (χ3n) is 6.03. The van der Waals surface area contributed by atoms with Crippen LogP contribution in [0.15, 0.2) is 24.3 Å². The minimum atomic E-state index is -0.220. The summed E-state index contributed by atoms with van der Waals surface area (Å²) < 4.78 is 0. The van der Waals surface area contributed by atoms with Crippen molar-refractivity contribution in [3.05, 3.63) is 35.4 Å². The number of amides is 2. The maximum absolute atomic E-state index is 12.5. The Hall–Kier alpha value is -1.92. The van der Waals surface area contributed by atoms with E-state index in [-0.39, 0.29) is 29.9 Å². The number of nitrogens with zero attached hydrogens (tertiary/aromatic N) is 1. The van der Waals surface area contributed by atoms with Gasteiger partial charge in [-0.15, -0.1) is 0 Å². The van der Waals surface area contributed by atoms with Crippen LogP contribution in [0.1, 0.15) is 37.8 Å². The van der Waals surface area contributed by atoms with E-state index in [2.05, 4.69) is 54.3 Å². The monoisotopic (exact) mass is 356 g/mol. The number of hydrogen-bond donors (Lipinski definition) is 3. The van der Waals surface area contributed by atoms with Gasteiger partial charge in [-0.3, -0.25) is 15.0 Å². The van der Waals surface area contributed by atoms with Gasteiger partial charge in [0, 0.05) is 25.0 Å². The average molecular weight is 356 g/mol. The van der Waals surface area contributed by atoms with Crippen LogP contribution in [-0.2, 0) is 22.4 Å². The quantitative estimate of drug-likeness (QED) is 0.745. The molecule has 3 atom stereocenters. The van der Waals surface area contributed by atoms with Crippen LogP contribution in [0.2, 0.25) is 0 Å². The fraction of sp³-hybridized carbons (Fsp3) is 0.600. The van der Waals surface area contributed by atoms with Crippen LogP contribution >= 0.6 is 0 Å². The van der Waals surface area contributed by atoms with Crippen molar-refractivity contribution in [1.29, 1.82) is 0 Å². The van der Waals surface area contributed by atoms with E-state index in [0.717, 1.165) is 19.3 Å². The van der Waals surface area contributed by atoms with Gasteiger partial charge in [0.25, 0.3) is 0 Å². The van der Waals surface area contributed by atoms with Crippen LogP contribution in [0, 0.1) is 5.92 Å². The summed E-state index contributed by atoms with van der Waals surface area (Å²) in [5.74, 6) is 0.633. The molecule has 2 fully saturated rings. The fourth-order valence-corrected chi connectivity index (χ4v) is 4.43. The minimum Gasteiger partial charge on any atom is -0.350 e. The molecule has 3 N–H and O–H groups in total. The van der Waals surface area contributed by atoms with Crippen molar-refractivity contribution in [2.24, 2.45) is 5.92 Å². The zero-order valence-electron chi connectivity index (χ0n) is 15.5. The van der Waals surface area contributed by atoms with Crippen molar-refractivity contribution in [2.75, 3.05) is 6.54 Å². The van der Waals surface area contributed by atoms with Gasteiger partial charge in [-0.2, -0.15) is 0 Å². The summed E-state index contributed by atoms with van der Waals surface area (Å²) in [4.78, 5) is 27.0. The average Bonchev–Trinajstić information content (AvgIpc) is 3.31. The van der Waals surface area contributed by atoms with Crippen molar-refractivity contribution < 1.29 is 9.59 Å². The molecule has 2 saturated heterocycles. The van der Waals surface area contributed by atoms with Crippen molar-refractivity contribution in [2.45, 2.75) is 63.7 Å². The van der Waals surface area contributed by atoms with Gasteiger partial charge in [0.05, 0.1) is 6.04 Å². The molecule has 2 heterocycles. The first-order valence-electron chi connectivity index (χ1n) is 9.69. The van der Waals surface area contributed by atoms with Gasteiger partial charge in [0.1, 0.15) is 6.04 Å². The molecule has 2 aliphatic heterocycles. The number of fused-ring (bicyclic) bond motifs is 1. The van der Waals surface area contributed by atoms with Crippen LogP contribution in [0.25, 0.3) is 0 Å². The van der Waals surface area contributed by atoms with E-state index in [1.807, 2.05) is 4.90 Å². The molecule has 140 valence electrons. The Morgan fingerprint density at radius 3 is 2.46 bits per heavy atom. The molecule has 3 aliphatic rings. The Kier molecular flexibility index (Phi) is 4.71. The highest BCUT2D eigenvalue weighted by Gasteiger charge is 2.39. The molecule has 0 saturated carbocycles. The van der Waals surface area contributed by atoms with E-state index < -0.39 is 0 Å². The van der Waals surface area contributed by atoms with Gasteiger partial charge in [0.2, 0.25) is 11.8 Å². The van der Waals surface area contributed by atoms with E-state index in [1.165, 1.54) is 11.1 Å². The summed E-state index contributed by atoms with van der Waals surface area (Å²) in [7, 11) is 0. The van der Waals surface area contributed by atoms with Gasteiger partial charge < -0.3 is 10.2 Å². The molecular weight excluding hydrogens is 328 g/mol. The Morgan fingerprint density at radius 2 is 1.85 bits per heavy atom. The lowest BCUT2D eigenvalue weighted by atomic mass is 9.99. The molecule has 0 aromatic heterocycles. The van der Waals surface area contributed by atoms with Gasteiger partial charge in [-0.1, -0.05) is 38.1 Å². The molecule has 2 amide bonds. The standard InChI is InChI=1S/C20H28N4O2/c1-12(2)17-10-18(23-22-17)20(26)21-15-9-19(25)24(11-15)16-7-13-5-3-4-6-14(13)8-16/h3-6,12,15-18,22-23H,7-11H2,1-2H3,(H,21,26). The molecule has 0 spiro atoms. The van der Waals surface area contributed by atoms with Crippen LogP contribution in [-0.4, -0.2) is 47.4 Å². The van der Waals surface area contributed by atoms with Gasteiger partial charge in [0.15, 0.2) is 0 Å². The number of carbonyl (C=O) groups excluding carboxylic acids is 2. The Balaban J connectivity index is 1.32. The van der Waals surface area contributed by atoms with E-state index in [9.17, 15) is 9.59 Å². The van der Waals surface area contributed by atoms with Crippen molar-refractivity contribution in [3.8, 4) is 0 Å². The number of nitrogens with one attached hydrogen (secondary N) is 3. The summed E-state index contributed by atoms with van der Waals surface area (Å²) in [6.45, 7) is 4.91. The fourth-order valence-electron chi connectivity index (χ4n) is 4.43. The van der Waals surface area contributed by atoms with Crippen LogP contribution in [0.4, 0.5) is 0 Å². The molecule has 6 nitrogen and oxygen atoms in total. The third kappa shape index (κ3) is 3.35. The summed E-state index contributed by atoms with van der Waals surface area (Å²) >= 11 is 0. The first-order valence-corrected chi connectivity index (χ1v) is 9.69. The largest absolute Gasteiger partial charge is 0.350 e. The number of likely N-dealkylation sites (tertiary alicyclic amines) is 1. The Morgan fingerprint density at radius 1 is 1.15 bits per heavy atom. The van der Waals surface area contributed by atoms with E-state index in [1.54, 1.807) is 0 Å². The molecule has 26 heavy (non-hydrogen) atoms. The summed E-state index contributed by atoms with van der Waals surface area (Å²) in [6, 6.07) is 8.66. The lowest BCUT2D eigenvalue weighted by molar-refractivity contribution is -0.129. The first-order chi connectivity index (χ1) is 12.5. The molecule has 1 aliphatic carbocycles. The van der Waals surface area contributed by atoms with E-state index in [0.29, 0.717) is 24.9 Å². The molecular formula is C20H28N4O2. The number of carbonyl (C=O) groups is 2. The molecule has 4 rings (SSSR count). The van der Waals surface area contributed by atoms with Crippen LogP contribution < -0.4 is 16.2 Å². The highest BCUT2D eigenvalue weighted by Crippen LogP contribution is 2.28. The zero-order valence-corrected chi connectivity index (χ0v) is 15.5. The van der Waals surface area contributed by atoms with Crippen molar-refractivity contribution in [1.82, 2.24) is 21.1 Å². The number of benzene rings is 1. The summed E-state index contributed by atoms with van der Waals surface area (Å²) in [6.07, 6.45) is 3.04. The number of hydrazine groups is 1. The van der Waals surface area contributed by atoms with Crippen molar-refractivity contribution in [3.63, 3.8) is 0 Å². The van der Waals surface area contributed by atoms with E-state index >= 15 is 0 Å². The first kappa shape index (κ1) is 17.5. The highest BCUT2D eigenvalue weighted by atomic mass is 16.2. The third-order valence-corrected chi connectivity index (χ3v) is 6.03. The smallest absolute Gasteiger partial charge is 0.238 e. The van der Waals surface area contributed by atoms with Crippen LogP contribution in [0.3, 0.4) is 0 Å². The van der Waals surface area contributed by atoms with Gasteiger partial charge >= 0.3 is 0 Å². The summed E-state index contributed by atoms with van der Waals surface area (Å²) in [5.41, 5.74) is 8.98. The Labute approximate surface area is 154 Å². The van der Waals surface area contributed by atoms with Crippen molar-refractivity contribution >= 4 is 11.8 Å².